The molecule has 2 aliphatic rings. The molecule has 1 saturated heterocycles. The monoisotopic (exact) mass is 551 g/mol. The molecule has 1 aliphatic heterocycles. The summed E-state index contributed by atoms with van der Waals surface area (Å²) >= 11 is 0. The van der Waals surface area contributed by atoms with E-state index in [-0.39, 0.29) is 17.5 Å². The Morgan fingerprint density at radius 1 is 1.05 bits per heavy atom. The number of carboxylic acids is 1. The summed E-state index contributed by atoms with van der Waals surface area (Å²) in [7, 11) is 5.55. The molecule has 3 N–H and O–H groups in total. The van der Waals surface area contributed by atoms with Crippen LogP contribution in [0.5, 0.6) is 11.5 Å². The Labute approximate surface area is 226 Å². The van der Waals surface area contributed by atoms with Crippen LogP contribution in [0.1, 0.15) is 36.0 Å². The van der Waals surface area contributed by atoms with Gasteiger partial charge >= 0.3 is 18.2 Å². The normalized spacial score (nSPS) is 22.7. The lowest BCUT2D eigenvalue weighted by Gasteiger charge is -2.42. The summed E-state index contributed by atoms with van der Waals surface area (Å²) in [4.78, 5) is 24.0. The molecule has 2 fully saturated rings. The Bertz CT molecular complexity index is 1170. The number of alkyl halides is 3. The number of carboxylic acid groups (broad SMARTS) is 1. The fourth-order valence-electron chi connectivity index (χ4n) is 5.85. The molecule has 11 heteroatoms. The number of likely N-dealkylation sites (N-methyl/N-ethyl adjacent to an activating group) is 1. The number of likely N-dealkylation sites (tertiary alicyclic amines) is 1. The van der Waals surface area contributed by atoms with E-state index in [1.807, 2.05) is 32.0 Å². The van der Waals surface area contributed by atoms with Gasteiger partial charge in [-0.15, -0.1) is 0 Å². The van der Waals surface area contributed by atoms with Gasteiger partial charge in [-0.2, -0.15) is 13.2 Å². The number of nitrogens with one attached hydrogen (secondary N) is 2. The molecule has 4 rings (SSSR count). The van der Waals surface area contributed by atoms with Crippen molar-refractivity contribution in [2.24, 2.45) is 5.92 Å². The molecule has 2 aromatic rings. The van der Waals surface area contributed by atoms with Crippen molar-refractivity contribution in [1.82, 2.24) is 10.2 Å². The van der Waals surface area contributed by atoms with Crippen LogP contribution in [0.4, 0.5) is 23.7 Å². The molecular formula is C28H36F3N3O5. The number of carbonyl (C=O) groups excluding carboxylic acids is 1. The predicted octanol–water partition coefficient (Wildman–Crippen LogP) is 5.13. The van der Waals surface area contributed by atoms with Gasteiger partial charge in [-0.25, -0.2) is 9.59 Å². The topological polar surface area (TPSA) is 100 Å². The molecule has 0 radical (unpaired) electrons. The summed E-state index contributed by atoms with van der Waals surface area (Å²) in [5, 5.41) is 13.4. The van der Waals surface area contributed by atoms with Gasteiger partial charge in [0.15, 0.2) is 11.5 Å². The summed E-state index contributed by atoms with van der Waals surface area (Å²) in [6.07, 6.45) is -2.12. The van der Waals surface area contributed by atoms with E-state index in [0.717, 1.165) is 60.7 Å². The SMILES string of the molecule is COc1ccc([C@@]23CC[C@@H](NC(=O)Nc4cc(C)cc(C)c4)C[C@@H]2CN(C)C3)cc1OC.O=C(O)C(F)(F)F. The Balaban J connectivity index is 0.000000532. The van der Waals surface area contributed by atoms with Crippen molar-refractivity contribution in [2.75, 3.05) is 39.7 Å². The van der Waals surface area contributed by atoms with Crippen LogP contribution >= 0.6 is 0 Å². The molecule has 0 aromatic heterocycles. The quantitative estimate of drug-likeness (QED) is 0.477. The van der Waals surface area contributed by atoms with Crippen molar-refractivity contribution in [3.63, 3.8) is 0 Å². The number of urea groups is 1. The molecule has 0 unspecified atom stereocenters. The van der Waals surface area contributed by atoms with Crippen LogP contribution in [-0.2, 0) is 10.2 Å². The zero-order chi connectivity index (χ0) is 29.0. The van der Waals surface area contributed by atoms with E-state index < -0.39 is 12.1 Å². The number of hydrogen-bond acceptors (Lipinski definition) is 5. The molecule has 214 valence electrons. The molecule has 0 bridgehead atoms. The minimum atomic E-state index is -5.08. The van der Waals surface area contributed by atoms with E-state index in [1.165, 1.54) is 5.56 Å². The van der Waals surface area contributed by atoms with Crippen LogP contribution in [0.3, 0.4) is 0 Å². The van der Waals surface area contributed by atoms with E-state index in [1.54, 1.807) is 14.2 Å². The number of amides is 2. The highest BCUT2D eigenvalue weighted by molar-refractivity contribution is 5.89. The number of halogens is 3. The largest absolute Gasteiger partial charge is 0.493 e. The third-order valence-electron chi connectivity index (χ3n) is 7.39. The Hall–Kier alpha value is -3.47. The molecule has 2 amide bonds. The summed E-state index contributed by atoms with van der Waals surface area (Å²) < 4.78 is 42.8. The predicted molar refractivity (Wildman–Crippen MR) is 142 cm³/mol. The molecule has 1 aliphatic carbocycles. The maximum atomic E-state index is 12.7. The number of carbonyl (C=O) groups is 2. The van der Waals surface area contributed by atoms with E-state index in [2.05, 4.69) is 40.8 Å². The fourth-order valence-corrected chi connectivity index (χ4v) is 5.85. The van der Waals surface area contributed by atoms with E-state index in [9.17, 15) is 18.0 Å². The van der Waals surface area contributed by atoms with Gasteiger partial charge in [0, 0.05) is 30.2 Å². The first-order chi connectivity index (χ1) is 18.3. The summed E-state index contributed by atoms with van der Waals surface area (Å²) in [6, 6.07) is 12.5. The van der Waals surface area contributed by atoms with Gasteiger partial charge in [0.05, 0.1) is 14.2 Å². The summed E-state index contributed by atoms with van der Waals surface area (Å²) in [6.45, 7) is 6.14. The van der Waals surface area contributed by atoms with Crippen molar-refractivity contribution in [2.45, 2.75) is 50.7 Å². The van der Waals surface area contributed by atoms with Crippen LogP contribution < -0.4 is 20.1 Å². The molecule has 8 nitrogen and oxygen atoms in total. The lowest BCUT2D eigenvalue weighted by atomic mass is 9.63. The second kappa shape index (κ2) is 12.1. The number of ether oxygens (including phenoxy) is 2. The smallest absolute Gasteiger partial charge is 0.490 e. The van der Waals surface area contributed by atoms with Crippen LogP contribution in [0.15, 0.2) is 36.4 Å². The number of hydrogen-bond donors (Lipinski definition) is 3. The first kappa shape index (κ1) is 30.1. The molecule has 2 aromatic carbocycles. The Morgan fingerprint density at radius 2 is 1.67 bits per heavy atom. The maximum absolute atomic E-state index is 12.7. The highest BCUT2D eigenvalue weighted by Gasteiger charge is 2.50. The highest BCUT2D eigenvalue weighted by atomic mass is 19.4. The molecular weight excluding hydrogens is 515 g/mol. The number of fused-ring (bicyclic) bond motifs is 1. The van der Waals surface area contributed by atoms with E-state index in [0.29, 0.717) is 5.92 Å². The van der Waals surface area contributed by atoms with Crippen LogP contribution in [0.25, 0.3) is 0 Å². The number of anilines is 1. The van der Waals surface area contributed by atoms with Gasteiger partial charge in [-0.3, -0.25) is 0 Å². The van der Waals surface area contributed by atoms with Gasteiger partial charge in [-0.1, -0.05) is 12.1 Å². The highest BCUT2D eigenvalue weighted by Crippen LogP contribution is 2.49. The number of methoxy groups -OCH3 is 2. The fraction of sp³-hybridized carbons (Fsp3) is 0.500. The number of aliphatic carboxylic acids is 1. The number of benzene rings is 2. The van der Waals surface area contributed by atoms with Gasteiger partial charge in [0.2, 0.25) is 0 Å². The van der Waals surface area contributed by atoms with Crippen molar-refractivity contribution < 1.29 is 37.3 Å². The van der Waals surface area contributed by atoms with Crippen LogP contribution in [-0.4, -0.2) is 68.6 Å². The van der Waals surface area contributed by atoms with Crippen LogP contribution in [0, 0.1) is 19.8 Å². The van der Waals surface area contributed by atoms with E-state index >= 15 is 0 Å². The molecule has 1 heterocycles. The van der Waals surface area contributed by atoms with Gasteiger partial charge in [0.25, 0.3) is 0 Å². The van der Waals surface area contributed by atoms with Gasteiger partial charge in [0.1, 0.15) is 0 Å². The summed E-state index contributed by atoms with van der Waals surface area (Å²) in [5.74, 6) is -0.743. The van der Waals surface area contributed by atoms with Gasteiger partial charge < -0.3 is 30.1 Å². The lowest BCUT2D eigenvalue weighted by molar-refractivity contribution is -0.192. The number of nitrogens with zero attached hydrogens (tertiary/aromatic N) is 1. The first-order valence-corrected chi connectivity index (χ1v) is 12.6. The van der Waals surface area contributed by atoms with Crippen molar-refractivity contribution in [3.8, 4) is 11.5 Å². The Morgan fingerprint density at radius 3 is 2.23 bits per heavy atom. The van der Waals surface area contributed by atoms with Gasteiger partial charge in [-0.05, 0) is 87.0 Å². The number of aryl methyl sites for hydroxylation is 2. The molecule has 3 atom stereocenters. The Kier molecular flexibility index (Phi) is 9.37. The lowest BCUT2D eigenvalue weighted by Crippen LogP contribution is -2.48. The average Bonchev–Trinajstić information content (AvgIpc) is 3.18. The molecule has 1 saturated carbocycles. The zero-order valence-corrected chi connectivity index (χ0v) is 22.8. The standard InChI is InChI=1S/C26H35N3O3.C2HF3O2/c1-17-10-18(2)12-22(11-17)28-25(30)27-21-8-9-26(16-29(3)15-20(26)13-21)19-6-7-23(31-4)24(14-19)32-5;3-2(4,5)1(6)7/h6-7,10-12,14,20-21H,8-9,13,15-16H2,1-5H3,(H2,27,28,30);(H,6,7)/t20-,21-,26+;/m1./s1. The van der Waals surface area contributed by atoms with Crippen molar-refractivity contribution in [1.29, 1.82) is 0 Å². The summed E-state index contributed by atoms with van der Waals surface area (Å²) in [5.41, 5.74) is 4.52. The van der Waals surface area contributed by atoms with Crippen LogP contribution in [0.2, 0.25) is 0 Å². The number of rotatable bonds is 5. The van der Waals surface area contributed by atoms with Crippen molar-refractivity contribution >= 4 is 17.7 Å². The third-order valence-corrected chi connectivity index (χ3v) is 7.39. The second-order valence-corrected chi connectivity index (χ2v) is 10.4. The van der Waals surface area contributed by atoms with E-state index in [4.69, 9.17) is 19.4 Å². The zero-order valence-electron chi connectivity index (χ0n) is 22.8. The first-order valence-electron chi connectivity index (χ1n) is 12.6. The average molecular weight is 552 g/mol. The molecule has 0 spiro atoms. The maximum Gasteiger partial charge on any atom is 0.490 e. The minimum Gasteiger partial charge on any atom is -0.493 e. The third kappa shape index (κ3) is 7.35. The molecule has 39 heavy (non-hydrogen) atoms. The second-order valence-electron chi connectivity index (χ2n) is 10.4. The minimum absolute atomic E-state index is 0.0800. The van der Waals surface area contributed by atoms with Crippen molar-refractivity contribution in [3.05, 3.63) is 53.1 Å².